The van der Waals surface area contributed by atoms with Gasteiger partial charge in [-0.25, -0.2) is 4.98 Å². The quantitative estimate of drug-likeness (QED) is 0.736. The molecule has 1 saturated carbocycles. The lowest BCUT2D eigenvalue weighted by Crippen LogP contribution is -2.25. The van der Waals surface area contributed by atoms with Crippen molar-refractivity contribution in [1.29, 1.82) is 0 Å². The molecular weight excluding hydrogens is 190 g/mol. The number of hydrogen-bond donors (Lipinski definition) is 1. The first kappa shape index (κ1) is 8.56. The topological polar surface area (TPSA) is 61.0 Å². The molecule has 1 aliphatic carbocycles. The fourth-order valence-electron chi connectivity index (χ4n) is 1.10. The molecule has 13 heavy (non-hydrogen) atoms. The van der Waals surface area contributed by atoms with Gasteiger partial charge in [0.15, 0.2) is 5.15 Å². The van der Waals surface area contributed by atoms with Gasteiger partial charge in [-0.05, 0) is 19.3 Å². The molecule has 1 aliphatic rings. The Balaban J connectivity index is 2.14. The highest BCUT2D eigenvalue weighted by Gasteiger charge is 2.21. The van der Waals surface area contributed by atoms with E-state index in [4.69, 9.17) is 22.1 Å². The highest BCUT2D eigenvalue weighted by atomic mass is 35.5. The SMILES string of the molecule is Nc1c(Cl)ncnc1OC1CCC1. The second kappa shape index (κ2) is 3.38. The van der Waals surface area contributed by atoms with E-state index in [0.29, 0.717) is 11.6 Å². The highest BCUT2D eigenvalue weighted by Crippen LogP contribution is 2.29. The maximum atomic E-state index is 5.70. The minimum Gasteiger partial charge on any atom is -0.473 e. The van der Waals surface area contributed by atoms with E-state index in [1.165, 1.54) is 12.7 Å². The zero-order chi connectivity index (χ0) is 9.26. The zero-order valence-corrected chi connectivity index (χ0v) is 7.79. The second-order valence-electron chi connectivity index (χ2n) is 3.05. The van der Waals surface area contributed by atoms with E-state index in [1.54, 1.807) is 0 Å². The van der Waals surface area contributed by atoms with Crippen LogP contribution in [0.15, 0.2) is 6.33 Å². The fourth-order valence-corrected chi connectivity index (χ4v) is 1.22. The van der Waals surface area contributed by atoms with Crippen LogP contribution < -0.4 is 10.5 Å². The molecule has 4 nitrogen and oxygen atoms in total. The summed E-state index contributed by atoms with van der Waals surface area (Å²) in [5, 5.41) is 0.254. The number of nitrogen functional groups attached to an aromatic ring is 1. The van der Waals surface area contributed by atoms with Crippen LogP contribution in [0.4, 0.5) is 5.69 Å². The number of anilines is 1. The number of nitrogens with two attached hydrogens (primary N) is 1. The van der Waals surface area contributed by atoms with Gasteiger partial charge in [-0.2, -0.15) is 4.98 Å². The molecule has 1 aromatic heterocycles. The second-order valence-corrected chi connectivity index (χ2v) is 3.41. The van der Waals surface area contributed by atoms with Gasteiger partial charge in [-0.3, -0.25) is 0 Å². The van der Waals surface area contributed by atoms with E-state index in [2.05, 4.69) is 9.97 Å². The van der Waals surface area contributed by atoms with Crippen LogP contribution in [0.25, 0.3) is 0 Å². The normalized spacial score (nSPS) is 16.7. The van der Waals surface area contributed by atoms with E-state index in [1.807, 2.05) is 0 Å². The molecule has 0 atom stereocenters. The van der Waals surface area contributed by atoms with Gasteiger partial charge < -0.3 is 10.5 Å². The lowest BCUT2D eigenvalue weighted by atomic mass is 9.96. The van der Waals surface area contributed by atoms with E-state index in [0.717, 1.165) is 12.8 Å². The van der Waals surface area contributed by atoms with Crippen molar-refractivity contribution in [3.05, 3.63) is 11.5 Å². The molecule has 2 N–H and O–H groups in total. The van der Waals surface area contributed by atoms with Crippen molar-refractivity contribution in [1.82, 2.24) is 9.97 Å². The summed E-state index contributed by atoms with van der Waals surface area (Å²) in [7, 11) is 0. The standard InChI is InChI=1S/C8H10ClN3O/c9-7-6(10)8(12-4-11-7)13-5-2-1-3-5/h4-5H,1-3,10H2. The van der Waals surface area contributed by atoms with Crippen molar-refractivity contribution >= 4 is 17.3 Å². The van der Waals surface area contributed by atoms with Gasteiger partial charge in [0.2, 0.25) is 5.88 Å². The van der Waals surface area contributed by atoms with Crippen LogP contribution in [-0.2, 0) is 0 Å². The summed E-state index contributed by atoms with van der Waals surface area (Å²) in [6.07, 6.45) is 4.96. The van der Waals surface area contributed by atoms with Crippen molar-refractivity contribution in [2.75, 3.05) is 5.73 Å². The largest absolute Gasteiger partial charge is 0.473 e. The predicted octanol–water partition coefficient (Wildman–Crippen LogP) is 1.64. The Kier molecular flexibility index (Phi) is 2.22. The molecule has 5 heteroatoms. The summed E-state index contributed by atoms with van der Waals surface area (Å²) in [4.78, 5) is 7.66. The van der Waals surface area contributed by atoms with Gasteiger partial charge in [0, 0.05) is 0 Å². The van der Waals surface area contributed by atoms with Gasteiger partial charge in [0.05, 0.1) is 0 Å². The molecule has 0 radical (unpaired) electrons. The Bertz CT molecular complexity index is 314. The molecule has 0 spiro atoms. The van der Waals surface area contributed by atoms with Crippen molar-refractivity contribution < 1.29 is 4.74 Å². The van der Waals surface area contributed by atoms with Crippen LogP contribution in [0.1, 0.15) is 19.3 Å². The third-order valence-electron chi connectivity index (χ3n) is 2.13. The summed E-state index contributed by atoms with van der Waals surface area (Å²) in [6, 6.07) is 0. The maximum Gasteiger partial charge on any atom is 0.242 e. The van der Waals surface area contributed by atoms with Gasteiger partial charge >= 0.3 is 0 Å². The molecule has 0 unspecified atom stereocenters. The lowest BCUT2D eigenvalue weighted by molar-refractivity contribution is 0.115. The zero-order valence-electron chi connectivity index (χ0n) is 7.03. The molecule has 0 amide bonds. The first-order valence-corrected chi connectivity index (χ1v) is 4.58. The maximum absolute atomic E-state index is 5.70. The first-order chi connectivity index (χ1) is 6.27. The highest BCUT2D eigenvalue weighted by molar-refractivity contribution is 6.32. The third kappa shape index (κ3) is 1.67. The van der Waals surface area contributed by atoms with Crippen LogP contribution in [0, 0.1) is 0 Å². The Morgan fingerprint density at radius 3 is 2.85 bits per heavy atom. The number of ether oxygens (including phenoxy) is 1. The average molecular weight is 200 g/mol. The van der Waals surface area contributed by atoms with Crippen LogP contribution in [0.3, 0.4) is 0 Å². The number of hydrogen-bond acceptors (Lipinski definition) is 4. The molecule has 2 rings (SSSR count). The average Bonchev–Trinajstić information content (AvgIpc) is 2.04. The monoisotopic (exact) mass is 199 g/mol. The van der Waals surface area contributed by atoms with Crippen molar-refractivity contribution in [2.24, 2.45) is 0 Å². The molecule has 0 saturated heterocycles. The summed E-state index contributed by atoms with van der Waals surface area (Å²) in [6.45, 7) is 0. The van der Waals surface area contributed by atoms with Crippen molar-refractivity contribution in [3.8, 4) is 5.88 Å². The van der Waals surface area contributed by atoms with Gasteiger partial charge in [-0.15, -0.1) is 0 Å². The van der Waals surface area contributed by atoms with Crippen LogP contribution in [0.2, 0.25) is 5.15 Å². The van der Waals surface area contributed by atoms with Crippen LogP contribution >= 0.6 is 11.6 Å². The lowest BCUT2D eigenvalue weighted by Gasteiger charge is -2.26. The number of nitrogens with zero attached hydrogens (tertiary/aromatic N) is 2. The fraction of sp³-hybridized carbons (Fsp3) is 0.500. The predicted molar refractivity (Wildman–Crippen MR) is 49.7 cm³/mol. The van der Waals surface area contributed by atoms with Crippen LogP contribution in [-0.4, -0.2) is 16.1 Å². The van der Waals surface area contributed by atoms with Crippen molar-refractivity contribution in [3.63, 3.8) is 0 Å². The molecule has 0 aliphatic heterocycles. The van der Waals surface area contributed by atoms with E-state index in [9.17, 15) is 0 Å². The number of halogens is 1. The summed E-state index contributed by atoms with van der Waals surface area (Å²) < 4.78 is 5.50. The molecule has 1 heterocycles. The van der Waals surface area contributed by atoms with E-state index in [-0.39, 0.29) is 11.3 Å². The number of rotatable bonds is 2. The minimum absolute atomic E-state index is 0.254. The minimum atomic E-state index is 0.254. The van der Waals surface area contributed by atoms with E-state index >= 15 is 0 Å². The Hall–Kier alpha value is -1.03. The molecule has 1 fully saturated rings. The summed E-state index contributed by atoms with van der Waals surface area (Å²) >= 11 is 5.70. The van der Waals surface area contributed by atoms with Crippen LogP contribution in [0.5, 0.6) is 5.88 Å². The number of aromatic nitrogens is 2. The van der Waals surface area contributed by atoms with Gasteiger partial charge in [0.1, 0.15) is 18.1 Å². The molecule has 1 aromatic rings. The van der Waals surface area contributed by atoms with E-state index < -0.39 is 0 Å². The van der Waals surface area contributed by atoms with Crippen molar-refractivity contribution in [2.45, 2.75) is 25.4 Å². The molecule has 0 bridgehead atoms. The molecule has 70 valence electrons. The molecule has 0 aromatic carbocycles. The molecular formula is C8H10ClN3O. The smallest absolute Gasteiger partial charge is 0.242 e. The Morgan fingerprint density at radius 2 is 2.23 bits per heavy atom. The first-order valence-electron chi connectivity index (χ1n) is 4.20. The van der Waals surface area contributed by atoms with Gasteiger partial charge in [-0.1, -0.05) is 11.6 Å². The Morgan fingerprint density at radius 1 is 1.46 bits per heavy atom. The third-order valence-corrected chi connectivity index (χ3v) is 2.43. The Labute approximate surface area is 81.1 Å². The van der Waals surface area contributed by atoms with Gasteiger partial charge in [0.25, 0.3) is 0 Å². The summed E-state index contributed by atoms with van der Waals surface area (Å²) in [5.74, 6) is 0.407. The summed E-state index contributed by atoms with van der Waals surface area (Å²) in [5.41, 5.74) is 5.96.